The Morgan fingerprint density at radius 1 is 1.09 bits per heavy atom. The lowest BCUT2D eigenvalue weighted by atomic mass is 10.2. The molecule has 4 rings (SSSR count). The molecule has 2 aromatic carbocycles. The molecule has 0 radical (unpaired) electrons. The molecule has 12 heteroatoms. The Morgan fingerprint density at radius 3 is 2.65 bits per heavy atom. The van der Waals surface area contributed by atoms with Gasteiger partial charge in [0, 0.05) is 29.9 Å². The van der Waals surface area contributed by atoms with Gasteiger partial charge in [0.2, 0.25) is 5.91 Å². The highest BCUT2D eigenvalue weighted by Crippen LogP contribution is 2.24. The first-order valence-electron chi connectivity index (χ1n) is 10.00. The molecule has 9 nitrogen and oxygen atoms in total. The van der Waals surface area contributed by atoms with Crippen LogP contribution in [0.4, 0.5) is 14.5 Å². The Labute approximate surface area is 195 Å². The predicted octanol–water partition coefficient (Wildman–Crippen LogP) is 2.55. The number of aromatic amines is 2. The first-order valence-corrected chi connectivity index (χ1v) is 11.0. The van der Waals surface area contributed by atoms with Crippen LogP contribution in [-0.2, 0) is 11.2 Å². The van der Waals surface area contributed by atoms with E-state index in [4.69, 9.17) is 0 Å². The Bertz CT molecular complexity index is 1450. The van der Waals surface area contributed by atoms with Crippen molar-refractivity contribution in [2.24, 2.45) is 0 Å². The largest absolute Gasteiger partial charge is 0.325 e. The molecule has 3 N–H and O–H groups in total. The van der Waals surface area contributed by atoms with E-state index in [9.17, 15) is 23.2 Å². The molecule has 0 saturated carbocycles. The first-order chi connectivity index (χ1) is 16.3. The molecule has 0 saturated heterocycles. The summed E-state index contributed by atoms with van der Waals surface area (Å²) in [5.74, 6) is -1.84. The number of carbonyl (C=O) groups excluding carboxylic acids is 1. The number of amides is 1. The van der Waals surface area contributed by atoms with Gasteiger partial charge in [0.25, 0.3) is 5.56 Å². The van der Waals surface area contributed by atoms with E-state index >= 15 is 0 Å². The summed E-state index contributed by atoms with van der Waals surface area (Å²) in [5, 5.41) is 11.1. The van der Waals surface area contributed by atoms with E-state index in [0.29, 0.717) is 22.7 Å². The second-order valence-electron chi connectivity index (χ2n) is 7.32. The topological polar surface area (TPSA) is 126 Å². The summed E-state index contributed by atoms with van der Waals surface area (Å²) in [6, 6.07) is 11.6. The second kappa shape index (κ2) is 9.83. The van der Waals surface area contributed by atoms with Crippen molar-refractivity contribution in [2.75, 3.05) is 11.1 Å². The molecule has 0 spiro atoms. The number of carbonyl (C=O) groups is 1. The van der Waals surface area contributed by atoms with Crippen LogP contribution in [0.2, 0.25) is 0 Å². The lowest BCUT2D eigenvalue weighted by Crippen LogP contribution is -2.23. The normalized spacial score (nSPS) is 10.9. The highest BCUT2D eigenvalue weighted by atomic mass is 32.2. The molecular weight excluding hydrogens is 466 g/mol. The molecule has 0 aliphatic rings. The number of rotatable bonds is 7. The van der Waals surface area contributed by atoms with Gasteiger partial charge in [-0.3, -0.25) is 19.1 Å². The number of nitrogens with zero attached hydrogens (tertiary/aromatic N) is 3. The van der Waals surface area contributed by atoms with Gasteiger partial charge >= 0.3 is 5.69 Å². The molecule has 2 heterocycles. The lowest BCUT2D eigenvalue weighted by molar-refractivity contribution is -0.113. The Kier molecular flexibility index (Phi) is 6.68. The summed E-state index contributed by atoms with van der Waals surface area (Å²) in [4.78, 5) is 40.3. The zero-order valence-electron chi connectivity index (χ0n) is 17.8. The SMILES string of the molecule is Cc1cccc(-n2c(Cc3cc(=O)[nH]c(=O)[nH]3)nnc2SCC(=O)Nc2ccc(F)cc2F)c1. The maximum absolute atomic E-state index is 13.8. The highest BCUT2D eigenvalue weighted by Gasteiger charge is 2.18. The number of anilines is 1. The van der Waals surface area contributed by atoms with Crippen LogP contribution in [-0.4, -0.2) is 36.4 Å². The summed E-state index contributed by atoms with van der Waals surface area (Å²) >= 11 is 1.06. The number of thioether (sulfide) groups is 1. The van der Waals surface area contributed by atoms with Crippen LogP contribution in [0.1, 0.15) is 17.1 Å². The van der Waals surface area contributed by atoms with Gasteiger partial charge in [0.05, 0.1) is 11.4 Å². The third kappa shape index (κ3) is 5.46. The molecule has 0 atom stereocenters. The Hall–Kier alpha value is -4.06. The van der Waals surface area contributed by atoms with Gasteiger partial charge < -0.3 is 10.3 Å². The smallest absolute Gasteiger partial charge is 0.323 e. The maximum Gasteiger partial charge on any atom is 0.325 e. The van der Waals surface area contributed by atoms with Gasteiger partial charge in [-0.2, -0.15) is 0 Å². The van der Waals surface area contributed by atoms with Gasteiger partial charge in [0.1, 0.15) is 17.5 Å². The van der Waals surface area contributed by atoms with Crippen LogP contribution in [0.25, 0.3) is 5.69 Å². The van der Waals surface area contributed by atoms with Crippen molar-refractivity contribution in [1.82, 2.24) is 24.7 Å². The fourth-order valence-corrected chi connectivity index (χ4v) is 4.00. The van der Waals surface area contributed by atoms with Gasteiger partial charge in [-0.1, -0.05) is 23.9 Å². The number of hydrogen-bond acceptors (Lipinski definition) is 6. The van der Waals surface area contributed by atoms with Crippen molar-refractivity contribution in [3.63, 3.8) is 0 Å². The Morgan fingerprint density at radius 2 is 1.91 bits per heavy atom. The van der Waals surface area contributed by atoms with Gasteiger partial charge in [-0.25, -0.2) is 13.6 Å². The molecular formula is C22H18F2N6O3S. The molecule has 1 amide bonds. The molecule has 34 heavy (non-hydrogen) atoms. The highest BCUT2D eigenvalue weighted by molar-refractivity contribution is 7.99. The van der Waals surface area contributed by atoms with Gasteiger partial charge in [0.15, 0.2) is 5.16 Å². The Balaban J connectivity index is 1.59. The van der Waals surface area contributed by atoms with E-state index in [1.54, 1.807) is 4.57 Å². The third-order valence-electron chi connectivity index (χ3n) is 4.66. The number of benzene rings is 2. The molecule has 0 aliphatic heterocycles. The monoisotopic (exact) mass is 484 g/mol. The zero-order valence-corrected chi connectivity index (χ0v) is 18.6. The van der Waals surface area contributed by atoms with E-state index in [1.807, 2.05) is 31.2 Å². The molecule has 0 fully saturated rings. The average Bonchev–Trinajstić information content (AvgIpc) is 3.16. The fraction of sp³-hybridized carbons (Fsp3) is 0.136. The number of aryl methyl sites for hydroxylation is 1. The minimum Gasteiger partial charge on any atom is -0.323 e. The summed E-state index contributed by atoms with van der Waals surface area (Å²) in [6.07, 6.45) is 0.105. The molecule has 174 valence electrons. The number of halogens is 2. The number of aromatic nitrogens is 5. The van der Waals surface area contributed by atoms with Gasteiger partial charge in [-0.05, 0) is 36.8 Å². The molecule has 0 unspecified atom stereocenters. The van der Waals surface area contributed by atoms with E-state index in [2.05, 4.69) is 25.5 Å². The average molecular weight is 484 g/mol. The van der Waals surface area contributed by atoms with E-state index in [-0.39, 0.29) is 17.9 Å². The quantitative estimate of drug-likeness (QED) is 0.346. The molecule has 4 aromatic rings. The van der Waals surface area contributed by atoms with E-state index < -0.39 is 28.8 Å². The molecule has 0 bridgehead atoms. The summed E-state index contributed by atoms with van der Waals surface area (Å²) in [6.45, 7) is 1.92. The third-order valence-corrected chi connectivity index (χ3v) is 5.59. The molecule has 2 aromatic heterocycles. The van der Waals surface area contributed by atoms with Crippen LogP contribution in [0, 0.1) is 18.6 Å². The van der Waals surface area contributed by atoms with Crippen molar-refractivity contribution in [2.45, 2.75) is 18.5 Å². The minimum atomic E-state index is -0.879. The van der Waals surface area contributed by atoms with Crippen LogP contribution in [0.15, 0.2) is 63.3 Å². The number of H-pyrrole nitrogens is 2. The van der Waals surface area contributed by atoms with Crippen LogP contribution in [0.5, 0.6) is 0 Å². The van der Waals surface area contributed by atoms with Crippen molar-refractivity contribution in [3.05, 3.63) is 98.1 Å². The van der Waals surface area contributed by atoms with Gasteiger partial charge in [-0.15, -0.1) is 10.2 Å². The van der Waals surface area contributed by atoms with Crippen LogP contribution < -0.4 is 16.6 Å². The van der Waals surface area contributed by atoms with Crippen LogP contribution >= 0.6 is 11.8 Å². The lowest BCUT2D eigenvalue weighted by Gasteiger charge is -2.11. The predicted molar refractivity (Wildman–Crippen MR) is 122 cm³/mol. The standard InChI is InChI=1S/C22H18F2N6O3S/c1-12-3-2-4-15(7-12)30-18(9-14-10-19(31)27-21(33)25-14)28-29-22(30)34-11-20(32)26-17-6-5-13(23)8-16(17)24/h2-8,10H,9,11H2,1H3,(H,26,32)(H2,25,27,31,33). The van der Waals surface area contributed by atoms with Crippen molar-refractivity contribution in [3.8, 4) is 5.69 Å². The summed E-state index contributed by atoms with van der Waals surface area (Å²) < 4.78 is 28.6. The zero-order chi connectivity index (χ0) is 24.2. The van der Waals surface area contributed by atoms with Crippen molar-refractivity contribution in [1.29, 1.82) is 0 Å². The van der Waals surface area contributed by atoms with Crippen LogP contribution in [0.3, 0.4) is 0 Å². The maximum atomic E-state index is 13.8. The summed E-state index contributed by atoms with van der Waals surface area (Å²) in [5.41, 5.74) is 0.729. The number of nitrogens with one attached hydrogen (secondary N) is 3. The summed E-state index contributed by atoms with van der Waals surface area (Å²) in [7, 11) is 0. The first kappa shape index (κ1) is 23.1. The number of hydrogen-bond donors (Lipinski definition) is 3. The fourth-order valence-electron chi connectivity index (χ4n) is 3.23. The minimum absolute atomic E-state index is 0.105. The van der Waals surface area contributed by atoms with Crippen molar-refractivity contribution < 1.29 is 13.6 Å². The molecule has 0 aliphatic carbocycles. The van der Waals surface area contributed by atoms with E-state index in [0.717, 1.165) is 35.1 Å². The van der Waals surface area contributed by atoms with E-state index in [1.165, 1.54) is 6.07 Å². The van der Waals surface area contributed by atoms with Crippen molar-refractivity contribution >= 4 is 23.4 Å². The second-order valence-corrected chi connectivity index (χ2v) is 8.27.